The van der Waals surface area contributed by atoms with Gasteiger partial charge in [-0.1, -0.05) is 0 Å². The molecule has 1 unspecified atom stereocenters. The van der Waals surface area contributed by atoms with E-state index in [4.69, 9.17) is 4.74 Å². The van der Waals surface area contributed by atoms with E-state index in [2.05, 4.69) is 4.98 Å². The Morgan fingerprint density at radius 1 is 1.47 bits per heavy atom. The first-order chi connectivity index (χ1) is 9.02. The summed E-state index contributed by atoms with van der Waals surface area (Å²) in [4.78, 5) is 6.45. The van der Waals surface area contributed by atoms with Crippen LogP contribution in [0.5, 0.6) is 5.75 Å². The zero-order valence-corrected chi connectivity index (χ0v) is 11.6. The van der Waals surface area contributed by atoms with Gasteiger partial charge in [0.25, 0.3) is 0 Å². The first-order valence-electron chi connectivity index (χ1n) is 6.52. The fourth-order valence-electron chi connectivity index (χ4n) is 2.65. The van der Waals surface area contributed by atoms with Crippen molar-refractivity contribution in [1.82, 2.24) is 9.88 Å². The van der Waals surface area contributed by atoms with E-state index in [1.165, 1.54) is 0 Å². The van der Waals surface area contributed by atoms with Crippen molar-refractivity contribution in [3.63, 3.8) is 0 Å². The number of hydrogen-bond acceptors (Lipinski definition) is 3. The SMILES string of the molecule is COc1c(C)cnc(CN2CCC(C(F)F)C2)c1C. The zero-order valence-electron chi connectivity index (χ0n) is 11.6. The molecule has 1 aromatic heterocycles. The molecule has 5 heteroatoms. The van der Waals surface area contributed by atoms with Gasteiger partial charge in [-0.05, 0) is 26.8 Å². The highest BCUT2D eigenvalue weighted by Crippen LogP contribution is 2.27. The van der Waals surface area contributed by atoms with Crippen LogP contribution in [0.3, 0.4) is 0 Å². The van der Waals surface area contributed by atoms with Gasteiger partial charge in [-0.25, -0.2) is 8.78 Å². The minimum Gasteiger partial charge on any atom is -0.496 e. The second kappa shape index (κ2) is 5.82. The topological polar surface area (TPSA) is 25.4 Å². The maximum absolute atomic E-state index is 12.6. The Hall–Kier alpha value is -1.23. The van der Waals surface area contributed by atoms with Gasteiger partial charge in [-0.15, -0.1) is 0 Å². The van der Waals surface area contributed by atoms with Crippen LogP contribution in [0.25, 0.3) is 0 Å². The second-order valence-electron chi connectivity index (χ2n) is 5.16. The van der Waals surface area contributed by atoms with E-state index in [9.17, 15) is 8.78 Å². The molecule has 3 nitrogen and oxygen atoms in total. The number of nitrogens with zero attached hydrogens (tertiary/aromatic N) is 2. The monoisotopic (exact) mass is 270 g/mol. The number of rotatable bonds is 4. The number of ether oxygens (including phenoxy) is 1. The maximum atomic E-state index is 12.6. The summed E-state index contributed by atoms with van der Waals surface area (Å²) in [6, 6.07) is 0. The molecule has 0 aromatic carbocycles. The van der Waals surface area contributed by atoms with Crippen molar-refractivity contribution < 1.29 is 13.5 Å². The molecule has 0 spiro atoms. The Morgan fingerprint density at radius 3 is 2.79 bits per heavy atom. The lowest BCUT2D eigenvalue weighted by atomic mass is 10.1. The summed E-state index contributed by atoms with van der Waals surface area (Å²) >= 11 is 0. The fraction of sp³-hybridized carbons (Fsp3) is 0.643. The molecular formula is C14H20F2N2O. The van der Waals surface area contributed by atoms with Crippen molar-refractivity contribution >= 4 is 0 Å². The van der Waals surface area contributed by atoms with Crippen LogP contribution in [0, 0.1) is 19.8 Å². The van der Waals surface area contributed by atoms with Crippen molar-refractivity contribution in [2.24, 2.45) is 5.92 Å². The molecule has 106 valence electrons. The summed E-state index contributed by atoms with van der Waals surface area (Å²) < 4.78 is 30.6. The van der Waals surface area contributed by atoms with Crippen molar-refractivity contribution in [2.45, 2.75) is 33.2 Å². The largest absolute Gasteiger partial charge is 0.496 e. The summed E-state index contributed by atoms with van der Waals surface area (Å²) in [5.74, 6) is 0.349. The normalized spacial score (nSPS) is 20.2. The van der Waals surface area contributed by atoms with Crippen LogP contribution >= 0.6 is 0 Å². The van der Waals surface area contributed by atoms with Gasteiger partial charge in [0.2, 0.25) is 6.43 Å². The molecule has 1 saturated heterocycles. The molecule has 0 radical (unpaired) electrons. The molecule has 2 rings (SSSR count). The Bertz CT molecular complexity index is 451. The van der Waals surface area contributed by atoms with E-state index >= 15 is 0 Å². The van der Waals surface area contributed by atoms with Gasteiger partial charge in [-0.3, -0.25) is 9.88 Å². The quantitative estimate of drug-likeness (QED) is 0.841. The van der Waals surface area contributed by atoms with Crippen LogP contribution < -0.4 is 4.74 Å². The molecule has 1 aromatic rings. The third-order valence-electron chi connectivity index (χ3n) is 3.79. The Balaban J connectivity index is 2.08. The lowest BCUT2D eigenvalue weighted by molar-refractivity contribution is 0.0802. The third kappa shape index (κ3) is 3.03. The average Bonchev–Trinajstić information content (AvgIpc) is 2.82. The fourth-order valence-corrected chi connectivity index (χ4v) is 2.65. The molecule has 1 aliphatic rings. The van der Waals surface area contributed by atoms with Crippen LogP contribution in [0.4, 0.5) is 8.78 Å². The number of aromatic nitrogens is 1. The van der Waals surface area contributed by atoms with Gasteiger partial charge in [0, 0.05) is 36.3 Å². The molecule has 0 N–H and O–H groups in total. The first-order valence-corrected chi connectivity index (χ1v) is 6.52. The number of likely N-dealkylation sites (tertiary alicyclic amines) is 1. The number of methoxy groups -OCH3 is 1. The Morgan fingerprint density at radius 2 is 2.21 bits per heavy atom. The number of aryl methyl sites for hydroxylation is 1. The predicted molar refractivity (Wildman–Crippen MR) is 69.7 cm³/mol. The van der Waals surface area contributed by atoms with Crippen LogP contribution in [-0.4, -0.2) is 36.5 Å². The van der Waals surface area contributed by atoms with E-state index < -0.39 is 12.3 Å². The van der Waals surface area contributed by atoms with Crippen molar-refractivity contribution in [3.8, 4) is 5.75 Å². The van der Waals surface area contributed by atoms with Crippen molar-refractivity contribution in [3.05, 3.63) is 23.0 Å². The average molecular weight is 270 g/mol. The van der Waals surface area contributed by atoms with E-state index in [0.29, 0.717) is 26.1 Å². The molecule has 0 amide bonds. The van der Waals surface area contributed by atoms with E-state index in [1.54, 1.807) is 13.3 Å². The summed E-state index contributed by atoms with van der Waals surface area (Å²) in [5, 5.41) is 0. The molecule has 1 atom stereocenters. The van der Waals surface area contributed by atoms with Gasteiger partial charge in [0.15, 0.2) is 0 Å². The lowest BCUT2D eigenvalue weighted by Gasteiger charge is -2.18. The molecule has 1 fully saturated rings. The third-order valence-corrected chi connectivity index (χ3v) is 3.79. The molecular weight excluding hydrogens is 250 g/mol. The van der Waals surface area contributed by atoms with E-state index in [0.717, 1.165) is 22.6 Å². The highest BCUT2D eigenvalue weighted by molar-refractivity contribution is 5.41. The summed E-state index contributed by atoms with van der Waals surface area (Å²) in [6.07, 6.45) is 0.133. The van der Waals surface area contributed by atoms with Crippen LogP contribution in [0.15, 0.2) is 6.20 Å². The highest BCUT2D eigenvalue weighted by Gasteiger charge is 2.29. The van der Waals surface area contributed by atoms with Crippen molar-refractivity contribution in [1.29, 1.82) is 0 Å². The lowest BCUT2D eigenvalue weighted by Crippen LogP contribution is -2.23. The molecule has 0 bridgehead atoms. The minimum absolute atomic E-state index is 0.453. The van der Waals surface area contributed by atoms with Crippen molar-refractivity contribution in [2.75, 3.05) is 20.2 Å². The van der Waals surface area contributed by atoms with Gasteiger partial charge < -0.3 is 4.74 Å². The first kappa shape index (κ1) is 14.2. The molecule has 1 aliphatic heterocycles. The molecule has 2 heterocycles. The number of hydrogen-bond donors (Lipinski definition) is 0. The molecule has 0 aliphatic carbocycles. The van der Waals surface area contributed by atoms with Gasteiger partial charge in [0.1, 0.15) is 5.75 Å². The number of halogens is 2. The van der Waals surface area contributed by atoms with Gasteiger partial charge in [-0.2, -0.15) is 0 Å². The summed E-state index contributed by atoms with van der Waals surface area (Å²) in [5.41, 5.74) is 2.91. The number of pyridine rings is 1. The standard InChI is InChI=1S/C14H20F2N2O/c1-9-6-17-12(10(2)13(9)19-3)8-18-5-4-11(7-18)14(15)16/h6,11,14H,4-5,7-8H2,1-3H3. The zero-order chi connectivity index (χ0) is 14.0. The van der Waals surface area contributed by atoms with Gasteiger partial charge >= 0.3 is 0 Å². The van der Waals surface area contributed by atoms with E-state index in [1.807, 2.05) is 18.7 Å². The highest BCUT2D eigenvalue weighted by atomic mass is 19.3. The summed E-state index contributed by atoms with van der Waals surface area (Å²) in [6.45, 7) is 5.70. The molecule has 0 saturated carbocycles. The Kier molecular flexibility index (Phi) is 4.34. The smallest absolute Gasteiger partial charge is 0.242 e. The van der Waals surface area contributed by atoms with Crippen LogP contribution in [0.2, 0.25) is 0 Å². The summed E-state index contributed by atoms with van der Waals surface area (Å²) in [7, 11) is 1.64. The Labute approximate surface area is 112 Å². The van der Waals surface area contributed by atoms with Gasteiger partial charge in [0.05, 0.1) is 12.8 Å². The van der Waals surface area contributed by atoms with Crippen LogP contribution in [-0.2, 0) is 6.54 Å². The van der Waals surface area contributed by atoms with E-state index in [-0.39, 0.29) is 0 Å². The second-order valence-corrected chi connectivity index (χ2v) is 5.16. The minimum atomic E-state index is -2.22. The van der Waals surface area contributed by atoms with Crippen LogP contribution in [0.1, 0.15) is 23.2 Å². The predicted octanol–water partition coefficient (Wildman–Crippen LogP) is 2.79. The maximum Gasteiger partial charge on any atom is 0.242 e. The number of alkyl halides is 2. The molecule has 19 heavy (non-hydrogen) atoms.